The summed E-state index contributed by atoms with van der Waals surface area (Å²) in [6.07, 6.45) is 7.75. The number of carbonyl (C=O) groups excluding carboxylic acids is 1. The van der Waals surface area contributed by atoms with Gasteiger partial charge >= 0.3 is 0 Å². The molecule has 29 heavy (non-hydrogen) atoms. The Labute approximate surface area is 167 Å². The van der Waals surface area contributed by atoms with Crippen LogP contribution in [-0.2, 0) is 10.3 Å². The monoisotopic (exact) mass is 399 g/mol. The van der Waals surface area contributed by atoms with E-state index in [1.165, 1.54) is 12.7 Å². The lowest BCUT2D eigenvalue weighted by Gasteiger charge is -2.61. The fraction of sp³-hybridized carbons (Fsp3) is 0.737. The van der Waals surface area contributed by atoms with Crippen LogP contribution in [0.15, 0.2) is 16.9 Å². The predicted molar refractivity (Wildman–Crippen MR) is 100 cm³/mol. The van der Waals surface area contributed by atoms with Gasteiger partial charge in [-0.2, -0.15) is 4.80 Å². The lowest BCUT2D eigenvalue weighted by atomic mass is 9.50. The minimum atomic E-state index is -0.235. The summed E-state index contributed by atoms with van der Waals surface area (Å²) < 4.78 is 10.8. The smallest absolute Gasteiger partial charge is 0.290 e. The van der Waals surface area contributed by atoms with Crippen molar-refractivity contribution in [3.63, 3.8) is 0 Å². The average Bonchev–Trinajstić information content (AvgIpc) is 3.40. The van der Waals surface area contributed by atoms with Crippen LogP contribution in [0.1, 0.15) is 49.1 Å². The summed E-state index contributed by atoms with van der Waals surface area (Å²) in [4.78, 5) is 17.0. The van der Waals surface area contributed by atoms with E-state index >= 15 is 0 Å². The maximum atomic E-state index is 13.1. The zero-order valence-electron chi connectivity index (χ0n) is 16.3. The van der Waals surface area contributed by atoms with E-state index in [2.05, 4.69) is 30.8 Å². The summed E-state index contributed by atoms with van der Waals surface area (Å²) in [6.45, 7) is 2.85. The standard InChI is InChI=1S/C19H25N7O3/c27-17(15-6-16(23-29-15)25-1-3-28-4-2-25)22-18-7-13-5-14(8-18)10-19(9-13,11-18)26-21-12-20-24-26/h6,12-14H,1-5,7-11H2,(H,22,27). The topological polar surface area (TPSA) is 111 Å². The van der Waals surface area contributed by atoms with Gasteiger partial charge in [-0.15, -0.1) is 10.2 Å². The molecule has 3 heterocycles. The van der Waals surface area contributed by atoms with Crippen molar-refractivity contribution in [2.75, 3.05) is 31.2 Å². The van der Waals surface area contributed by atoms with Gasteiger partial charge in [-0.1, -0.05) is 5.16 Å². The quantitative estimate of drug-likeness (QED) is 0.810. The van der Waals surface area contributed by atoms with E-state index in [0.29, 0.717) is 30.9 Å². The largest absolute Gasteiger partial charge is 0.378 e. The van der Waals surface area contributed by atoms with Gasteiger partial charge in [0.15, 0.2) is 12.1 Å². The number of amides is 1. The van der Waals surface area contributed by atoms with Crippen molar-refractivity contribution in [3.05, 3.63) is 18.2 Å². The highest BCUT2D eigenvalue weighted by atomic mass is 16.5. The first kappa shape index (κ1) is 17.4. The van der Waals surface area contributed by atoms with Crippen molar-refractivity contribution in [1.29, 1.82) is 0 Å². The second-order valence-corrected chi connectivity index (χ2v) is 9.29. The van der Waals surface area contributed by atoms with Crippen molar-refractivity contribution in [2.24, 2.45) is 11.8 Å². The van der Waals surface area contributed by atoms with Crippen molar-refractivity contribution < 1.29 is 14.1 Å². The Morgan fingerprint density at radius 3 is 2.69 bits per heavy atom. The average molecular weight is 399 g/mol. The zero-order chi connectivity index (χ0) is 19.5. The number of rotatable bonds is 4. The number of hydrogen-bond acceptors (Lipinski definition) is 8. The molecule has 2 unspecified atom stereocenters. The summed E-state index contributed by atoms with van der Waals surface area (Å²) >= 11 is 0. The Bertz CT molecular complexity index is 891. The molecule has 0 spiro atoms. The maximum Gasteiger partial charge on any atom is 0.290 e. The van der Waals surface area contributed by atoms with Gasteiger partial charge in [0.25, 0.3) is 5.91 Å². The van der Waals surface area contributed by atoms with Crippen molar-refractivity contribution in [3.8, 4) is 0 Å². The number of anilines is 1. The van der Waals surface area contributed by atoms with Crippen LogP contribution in [0.5, 0.6) is 0 Å². The van der Waals surface area contributed by atoms with Gasteiger partial charge in [0.05, 0.1) is 18.8 Å². The molecular formula is C19H25N7O3. The minimum Gasteiger partial charge on any atom is -0.378 e. The molecule has 0 radical (unpaired) electrons. The molecule has 1 amide bonds. The van der Waals surface area contributed by atoms with Crippen LogP contribution in [0.2, 0.25) is 0 Å². The third-order valence-electron chi connectivity index (χ3n) is 7.24. The number of morpholine rings is 1. The molecule has 7 rings (SSSR count). The first-order chi connectivity index (χ1) is 14.1. The normalized spacial score (nSPS) is 35.8. The van der Waals surface area contributed by atoms with Gasteiger partial charge < -0.3 is 19.5 Å². The molecule has 2 atom stereocenters. The highest BCUT2D eigenvalue weighted by molar-refractivity contribution is 5.92. The van der Waals surface area contributed by atoms with E-state index < -0.39 is 0 Å². The molecule has 2 aromatic rings. The second-order valence-electron chi connectivity index (χ2n) is 9.29. The van der Waals surface area contributed by atoms with Crippen LogP contribution in [-0.4, -0.2) is 63.1 Å². The summed E-state index contributed by atoms with van der Waals surface area (Å²) in [5.41, 5.74) is -0.366. The van der Waals surface area contributed by atoms with Gasteiger partial charge in [-0.3, -0.25) is 4.79 Å². The van der Waals surface area contributed by atoms with Crippen molar-refractivity contribution in [1.82, 2.24) is 30.7 Å². The van der Waals surface area contributed by atoms with Crippen molar-refractivity contribution in [2.45, 2.75) is 49.6 Å². The SMILES string of the molecule is O=C(NC12CC3CC(C1)CC(n1ncnn1)(C3)C2)c1cc(N2CCOCC2)no1. The Kier molecular flexibility index (Phi) is 3.75. The lowest BCUT2D eigenvalue weighted by Crippen LogP contribution is -2.66. The van der Waals surface area contributed by atoms with Crippen LogP contribution in [0, 0.1) is 11.8 Å². The van der Waals surface area contributed by atoms with Crippen LogP contribution in [0.25, 0.3) is 0 Å². The summed E-state index contributed by atoms with van der Waals surface area (Å²) in [7, 11) is 0. The van der Waals surface area contributed by atoms with Gasteiger partial charge in [0, 0.05) is 24.7 Å². The van der Waals surface area contributed by atoms with E-state index in [9.17, 15) is 4.79 Å². The molecule has 4 aliphatic carbocycles. The Balaban J connectivity index is 1.23. The van der Waals surface area contributed by atoms with Crippen molar-refractivity contribution >= 4 is 11.7 Å². The van der Waals surface area contributed by atoms with Gasteiger partial charge in [-0.05, 0) is 55.6 Å². The highest BCUT2D eigenvalue weighted by Gasteiger charge is 2.60. The predicted octanol–water partition coefficient (Wildman–Crippen LogP) is 0.976. The van der Waals surface area contributed by atoms with Crippen LogP contribution >= 0.6 is 0 Å². The van der Waals surface area contributed by atoms with E-state index in [-0.39, 0.29) is 22.7 Å². The number of nitrogens with zero attached hydrogens (tertiary/aromatic N) is 6. The second kappa shape index (κ2) is 6.25. The summed E-state index contributed by atoms with van der Waals surface area (Å²) in [6, 6.07) is 1.75. The highest BCUT2D eigenvalue weighted by Crippen LogP contribution is 2.60. The molecule has 10 nitrogen and oxygen atoms in total. The number of carbonyl (C=O) groups is 1. The number of aromatic nitrogens is 5. The first-order valence-electron chi connectivity index (χ1n) is 10.5. The molecule has 2 aromatic heterocycles. The van der Waals surface area contributed by atoms with Crippen LogP contribution < -0.4 is 10.2 Å². The fourth-order valence-electron chi connectivity index (χ4n) is 6.60. The third-order valence-corrected chi connectivity index (χ3v) is 7.24. The van der Waals surface area contributed by atoms with Gasteiger partial charge in [0.2, 0.25) is 5.76 Å². The maximum absolute atomic E-state index is 13.1. The fourth-order valence-corrected chi connectivity index (χ4v) is 6.60. The Morgan fingerprint density at radius 2 is 1.97 bits per heavy atom. The molecule has 1 saturated heterocycles. The zero-order valence-corrected chi connectivity index (χ0v) is 16.3. The lowest BCUT2D eigenvalue weighted by molar-refractivity contribution is -0.0812. The van der Waals surface area contributed by atoms with Crippen LogP contribution in [0.4, 0.5) is 5.82 Å². The Morgan fingerprint density at radius 1 is 1.17 bits per heavy atom. The van der Waals surface area contributed by atoms with Gasteiger partial charge in [0.1, 0.15) is 0 Å². The third kappa shape index (κ3) is 2.84. The van der Waals surface area contributed by atoms with E-state index in [1.54, 1.807) is 10.9 Å². The van der Waals surface area contributed by atoms with E-state index in [0.717, 1.165) is 45.2 Å². The minimum absolute atomic E-state index is 0.131. The molecule has 4 saturated carbocycles. The Hall–Kier alpha value is -2.49. The number of tetrazole rings is 1. The number of nitrogens with one attached hydrogen (secondary N) is 1. The molecular weight excluding hydrogens is 374 g/mol. The molecule has 10 heteroatoms. The molecule has 0 aromatic carbocycles. The molecule has 1 aliphatic heterocycles. The van der Waals surface area contributed by atoms with Crippen LogP contribution in [0.3, 0.4) is 0 Å². The molecule has 4 bridgehead atoms. The van der Waals surface area contributed by atoms with E-state index in [4.69, 9.17) is 9.26 Å². The molecule has 1 N–H and O–H groups in total. The molecule has 5 aliphatic rings. The molecule has 154 valence electrons. The first-order valence-corrected chi connectivity index (χ1v) is 10.5. The number of ether oxygens (including phenoxy) is 1. The number of hydrogen-bond donors (Lipinski definition) is 1. The summed E-state index contributed by atoms with van der Waals surface area (Å²) in [5.74, 6) is 1.96. The van der Waals surface area contributed by atoms with Gasteiger partial charge in [-0.25, -0.2) is 0 Å². The van der Waals surface area contributed by atoms with E-state index in [1.807, 2.05) is 0 Å². The molecule has 5 fully saturated rings. The summed E-state index contributed by atoms with van der Waals surface area (Å²) in [5, 5.41) is 20.0.